The van der Waals surface area contributed by atoms with Crippen LogP contribution in [-0.2, 0) is 6.54 Å². The normalized spacial score (nSPS) is 19.6. The van der Waals surface area contributed by atoms with Gasteiger partial charge in [0.15, 0.2) is 0 Å². The Balaban J connectivity index is 1.84. The van der Waals surface area contributed by atoms with Crippen molar-refractivity contribution in [2.24, 2.45) is 0 Å². The second kappa shape index (κ2) is 6.87. The quantitative estimate of drug-likeness (QED) is 0.900. The SMILES string of the molecule is COc1ccccc1C1CNCCN1Cc1ncc(Br)s1. The number of para-hydroxylation sites is 1. The van der Waals surface area contributed by atoms with Gasteiger partial charge in [0.25, 0.3) is 0 Å². The second-order valence-corrected chi connectivity index (χ2v) is 7.48. The van der Waals surface area contributed by atoms with Crippen molar-refractivity contribution in [3.63, 3.8) is 0 Å². The van der Waals surface area contributed by atoms with Gasteiger partial charge >= 0.3 is 0 Å². The molecule has 1 aromatic carbocycles. The first-order valence-corrected chi connectivity index (χ1v) is 8.57. The third kappa shape index (κ3) is 3.45. The lowest BCUT2D eigenvalue weighted by molar-refractivity contribution is 0.151. The number of aromatic nitrogens is 1. The van der Waals surface area contributed by atoms with Gasteiger partial charge in [0, 0.05) is 25.2 Å². The summed E-state index contributed by atoms with van der Waals surface area (Å²) in [5.74, 6) is 0.955. The lowest BCUT2D eigenvalue weighted by Crippen LogP contribution is -2.45. The predicted molar refractivity (Wildman–Crippen MR) is 88.8 cm³/mol. The van der Waals surface area contributed by atoms with Gasteiger partial charge in [-0.3, -0.25) is 4.90 Å². The first-order valence-electron chi connectivity index (χ1n) is 6.96. The average Bonchev–Trinajstić information content (AvgIpc) is 2.93. The third-order valence-electron chi connectivity index (χ3n) is 3.72. The molecule has 1 fully saturated rings. The molecule has 6 heteroatoms. The van der Waals surface area contributed by atoms with Gasteiger partial charge in [0.1, 0.15) is 10.8 Å². The Morgan fingerprint density at radius 3 is 3.10 bits per heavy atom. The maximum atomic E-state index is 5.53. The number of hydrogen-bond acceptors (Lipinski definition) is 5. The Morgan fingerprint density at radius 2 is 2.33 bits per heavy atom. The minimum Gasteiger partial charge on any atom is -0.496 e. The van der Waals surface area contributed by atoms with Crippen LogP contribution in [0, 0.1) is 0 Å². The van der Waals surface area contributed by atoms with E-state index in [4.69, 9.17) is 4.74 Å². The van der Waals surface area contributed by atoms with Crippen LogP contribution in [0.3, 0.4) is 0 Å². The fourth-order valence-electron chi connectivity index (χ4n) is 2.72. The van der Waals surface area contributed by atoms with Crippen molar-refractivity contribution in [1.29, 1.82) is 0 Å². The number of piperazine rings is 1. The van der Waals surface area contributed by atoms with Crippen LogP contribution in [0.25, 0.3) is 0 Å². The molecule has 2 aromatic rings. The summed E-state index contributed by atoms with van der Waals surface area (Å²) in [6.45, 7) is 3.84. The molecule has 1 unspecified atom stereocenters. The number of hydrogen-bond donors (Lipinski definition) is 1. The first kappa shape index (κ1) is 15.0. The van der Waals surface area contributed by atoms with Crippen molar-refractivity contribution in [3.8, 4) is 5.75 Å². The maximum Gasteiger partial charge on any atom is 0.123 e. The average molecular weight is 368 g/mol. The summed E-state index contributed by atoms with van der Waals surface area (Å²) in [5, 5.41) is 4.62. The molecule has 2 heterocycles. The van der Waals surface area contributed by atoms with Crippen LogP contribution in [0.15, 0.2) is 34.2 Å². The molecular weight excluding hydrogens is 350 g/mol. The van der Waals surface area contributed by atoms with Crippen LogP contribution in [0.1, 0.15) is 16.6 Å². The molecule has 1 aliphatic heterocycles. The number of ether oxygens (including phenoxy) is 1. The molecule has 4 nitrogen and oxygen atoms in total. The molecule has 1 N–H and O–H groups in total. The van der Waals surface area contributed by atoms with Crippen LogP contribution in [-0.4, -0.2) is 36.6 Å². The van der Waals surface area contributed by atoms with E-state index in [1.165, 1.54) is 5.56 Å². The van der Waals surface area contributed by atoms with Crippen LogP contribution >= 0.6 is 27.3 Å². The van der Waals surface area contributed by atoms with Crippen molar-refractivity contribution in [3.05, 3.63) is 44.8 Å². The smallest absolute Gasteiger partial charge is 0.123 e. The van der Waals surface area contributed by atoms with Gasteiger partial charge in [-0.15, -0.1) is 11.3 Å². The van der Waals surface area contributed by atoms with Crippen LogP contribution in [0.2, 0.25) is 0 Å². The number of nitrogens with one attached hydrogen (secondary N) is 1. The molecule has 3 rings (SSSR count). The van der Waals surface area contributed by atoms with E-state index in [1.54, 1.807) is 18.4 Å². The Kier molecular flexibility index (Phi) is 4.90. The molecule has 0 aliphatic carbocycles. The molecule has 1 aliphatic rings. The Bertz CT molecular complexity index is 604. The second-order valence-electron chi connectivity index (χ2n) is 4.99. The summed E-state index contributed by atoms with van der Waals surface area (Å²) in [6, 6.07) is 8.59. The van der Waals surface area contributed by atoms with E-state index in [0.717, 1.165) is 40.7 Å². The van der Waals surface area contributed by atoms with E-state index < -0.39 is 0 Å². The van der Waals surface area contributed by atoms with Gasteiger partial charge in [-0.1, -0.05) is 18.2 Å². The van der Waals surface area contributed by atoms with Crippen molar-refractivity contribution in [1.82, 2.24) is 15.2 Å². The Morgan fingerprint density at radius 1 is 1.48 bits per heavy atom. The number of halogens is 1. The Labute approximate surface area is 137 Å². The highest BCUT2D eigenvalue weighted by Gasteiger charge is 2.26. The third-order valence-corrected chi connectivity index (χ3v) is 5.18. The van der Waals surface area contributed by atoms with E-state index in [-0.39, 0.29) is 0 Å². The van der Waals surface area contributed by atoms with Gasteiger partial charge in [-0.25, -0.2) is 4.98 Å². The van der Waals surface area contributed by atoms with E-state index in [1.807, 2.05) is 18.3 Å². The predicted octanol–water partition coefficient (Wildman–Crippen LogP) is 3.06. The molecular formula is C15H18BrN3OS. The first-order chi connectivity index (χ1) is 10.3. The van der Waals surface area contributed by atoms with Crippen LogP contribution < -0.4 is 10.1 Å². The lowest BCUT2D eigenvalue weighted by atomic mass is 10.0. The zero-order valence-electron chi connectivity index (χ0n) is 11.9. The topological polar surface area (TPSA) is 37.4 Å². The number of rotatable bonds is 4. The van der Waals surface area contributed by atoms with Crippen molar-refractivity contribution in [2.45, 2.75) is 12.6 Å². The minimum atomic E-state index is 0.317. The molecule has 1 aromatic heterocycles. The van der Waals surface area contributed by atoms with Crippen LogP contribution in [0.4, 0.5) is 0 Å². The van der Waals surface area contributed by atoms with Crippen molar-refractivity contribution < 1.29 is 4.74 Å². The fourth-order valence-corrected chi connectivity index (χ4v) is 4.05. The zero-order chi connectivity index (χ0) is 14.7. The van der Waals surface area contributed by atoms with E-state index in [0.29, 0.717) is 6.04 Å². The van der Waals surface area contributed by atoms with Crippen molar-refractivity contribution >= 4 is 27.3 Å². The van der Waals surface area contributed by atoms with Crippen molar-refractivity contribution in [2.75, 3.05) is 26.7 Å². The molecule has 0 saturated carbocycles. The van der Waals surface area contributed by atoms with E-state index in [2.05, 4.69) is 43.3 Å². The summed E-state index contributed by atoms with van der Waals surface area (Å²) in [6.07, 6.45) is 1.88. The van der Waals surface area contributed by atoms with E-state index in [9.17, 15) is 0 Å². The zero-order valence-corrected chi connectivity index (χ0v) is 14.3. The molecule has 1 saturated heterocycles. The number of methoxy groups -OCH3 is 1. The van der Waals surface area contributed by atoms with Gasteiger partial charge in [-0.2, -0.15) is 0 Å². The van der Waals surface area contributed by atoms with Gasteiger partial charge < -0.3 is 10.1 Å². The number of benzene rings is 1. The van der Waals surface area contributed by atoms with Crippen LogP contribution in [0.5, 0.6) is 5.75 Å². The summed E-state index contributed by atoms with van der Waals surface area (Å²) in [5.41, 5.74) is 1.24. The summed E-state index contributed by atoms with van der Waals surface area (Å²) in [4.78, 5) is 6.93. The highest BCUT2D eigenvalue weighted by molar-refractivity contribution is 9.11. The number of nitrogens with zero attached hydrogens (tertiary/aromatic N) is 2. The Hall–Kier alpha value is -0.950. The highest BCUT2D eigenvalue weighted by Crippen LogP contribution is 2.32. The summed E-state index contributed by atoms with van der Waals surface area (Å²) < 4.78 is 6.61. The van der Waals surface area contributed by atoms with Gasteiger partial charge in [0.05, 0.1) is 29.7 Å². The molecule has 1 atom stereocenters. The molecule has 21 heavy (non-hydrogen) atoms. The fraction of sp³-hybridized carbons (Fsp3) is 0.400. The molecule has 0 radical (unpaired) electrons. The largest absolute Gasteiger partial charge is 0.496 e. The molecule has 0 spiro atoms. The molecule has 112 valence electrons. The van der Waals surface area contributed by atoms with Gasteiger partial charge in [0.2, 0.25) is 0 Å². The standard InChI is InChI=1S/C15H18BrN3OS/c1-20-13-5-3-2-4-11(13)12-8-17-6-7-19(12)10-15-18-9-14(16)21-15/h2-5,9,12,17H,6-8,10H2,1H3. The highest BCUT2D eigenvalue weighted by atomic mass is 79.9. The monoisotopic (exact) mass is 367 g/mol. The molecule has 0 bridgehead atoms. The maximum absolute atomic E-state index is 5.53. The summed E-state index contributed by atoms with van der Waals surface area (Å²) in [7, 11) is 1.73. The van der Waals surface area contributed by atoms with E-state index >= 15 is 0 Å². The van der Waals surface area contributed by atoms with Gasteiger partial charge in [-0.05, 0) is 22.0 Å². The minimum absolute atomic E-state index is 0.317. The lowest BCUT2D eigenvalue weighted by Gasteiger charge is -2.36. The summed E-state index contributed by atoms with van der Waals surface area (Å²) >= 11 is 5.19. The number of thiazole rings is 1. The molecule has 0 amide bonds.